The summed E-state index contributed by atoms with van der Waals surface area (Å²) in [5.41, 5.74) is 0.813. The molecule has 1 heterocycles. The Bertz CT molecular complexity index is 716. The number of hydrogen-bond acceptors (Lipinski definition) is 4. The summed E-state index contributed by atoms with van der Waals surface area (Å²) in [7, 11) is 0. The zero-order valence-corrected chi connectivity index (χ0v) is 15.4. The molecule has 0 saturated heterocycles. The fraction of sp³-hybridized carbons (Fsp3) is 0.500. The minimum Gasteiger partial charge on any atom is -0.351 e. The topological polar surface area (TPSA) is 59.8 Å². The number of nitrogens with one attached hydrogen (secondary N) is 1. The number of aromatic nitrogens is 3. The third kappa shape index (κ3) is 3.98. The molecule has 1 aromatic heterocycles. The molecule has 3 rings (SSSR count). The van der Waals surface area contributed by atoms with Crippen molar-refractivity contribution in [2.45, 2.75) is 62.4 Å². The number of para-hydroxylation sites is 1. The number of amides is 1. The van der Waals surface area contributed by atoms with Gasteiger partial charge >= 0.3 is 0 Å². The van der Waals surface area contributed by atoms with Gasteiger partial charge in [0.05, 0.1) is 5.25 Å². The predicted molar refractivity (Wildman–Crippen MR) is 96.5 cm³/mol. The van der Waals surface area contributed by atoms with Crippen molar-refractivity contribution in [1.82, 2.24) is 20.1 Å². The van der Waals surface area contributed by atoms with E-state index in [-0.39, 0.29) is 16.7 Å². The molecule has 1 aromatic carbocycles. The van der Waals surface area contributed by atoms with Gasteiger partial charge < -0.3 is 5.32 Å². The van der Waals surface area contributed by atoms with Crippen LogP contribution >= 0.6 is 11.8 Å². The van der Waals surface area contributed by atoms with Crippen LogP contribution in [0.4, 0.5) is 0 Å². The van der Waals surface area contributed by atoms with Gasteiger partial charge in [-0.25, -0.2) is 0 Å². The van der Waals surface area contributed by atoms with E-state index in [1.165, 1.54) is 11.8 Å². The Morgan fingerprint density at radius 3 is 2.50 bits per heavy atom. The first-order valence-electron chi connectivity index (χ1n) is 8.34. The van der Waals surface area contributed by atoms with Gasteiger partial charge in [0.15, 0.2) is 5.16 Å². The minimum absolute atomic E-state index is 0.0167. The molecule has 0 bridgehead atoms. The summed E-state index contributed by atoms with van der Waals surface area (Å²) >= 11 is 1.46. The zero-order chi connectivity index (χ0) is 17.3. The molecular formula is C18H24N4OS. The van der Waals surface area contributed by atoms with Crippen molar-refractivity contribution >= 4 is 17.7 Å². The van der Waals surface area contributed by atoms with Crippen LogP contribution < -0.4 is 5.32 Å². The summed E-state index contributed by atoms with van der Waals surface area (Å²) in [6.45, 7) is 7.87. The van der Waals surface area contributed by atoms with E-state index in [2.05, 4.69) is 32.2 Å². The molecular weight excluding hydrogens is 320 g/mol. The Kier molecular flexibility index (Phi) is 4.67. The Morgan fingerprint density at radius 1 is 1.25 bits per heavy atom. The normalized spacial score (nSPS) is 16.0. The van der Waals surface area contributed by atoms with Gasteiger partial charge in [-0.1, -0.05) is 30.0 Å². The Hall–Kier alpha value is -1.82. The molecule has 1 fully saturated rings. The maximum absolute atomic E-state index is 12.4. The molecule has 1 atom stereocenters. The molecule has 1 aliphatic carbocycles. The van der Waals surface area contributed by atoms with E-state index in [4.69, 9.17) is 0 Å². The van der Waals surface area contributed by atoms with Crippen LogP contribution in [0.25, 0.3) is 5.69 Å². The van der Waals surface area contributed by atoms with Gasteiger partial charge in [0, 0.05) is 17.1 Å². The molecule has 5 nitrogen and oxygen atoms in total. The van der Waals surface area contributed by atoms with Gasteiger partial charge in [-0.3, -0.25) is 9.36 Å². The predicted octanol–water partition coefficient (Wildman–Crippen LogP) is 3.54. The van der Waals surface area contributed by atoms with Crippen LogP contribution in [0.3, 0.4) is 0 Å². The highest BCUT2D eigenvalue weighted by molar-refractivity contribution is 8.00. The monoisotopic (exact) mass is 344 g/mol. The lowest BCUT2D eigenvalue weighted by atomic mass is 10.1. The van der Waals surface area contributed by atoms with E-state index in [0.29, 0.717) is 5.92 Å². The summed E-state index contributed by atoms with van der Waals surface area (Å²) in [5, 5.41) is 12.3. The molecule has 0 spiro atoms. The molecule has 2 aromatic rings. The fourth-order valence-corrected chi connectivity index (χ4v) is 3.34. The van der Waals surface area contributed by atoms with E-state index in [1.54, 1.807) is 0 Å². The van der Waals surface area contributed by atoms with E-state index < -0.39 is 0 Å². The van der Waals surface area contributed by atoms with Gasteiger partial charge in [-0.2, -0.15) is 0 Å². The summed E-state index contributed by atoms with van der Waals surface area (Å²) in [5.74, 6) is 1.51. The molecule has 128 valence electrons. The van der Waals surface area contributed by atoms with Gasteiger partial charge in [0.25, 0.3) is 0 Å². The van der Waals surface area contributed by atoms with Crippen molar-refractivity contribution in [3.8, 4) is 5.69 Å². The number of benzene rings is 1. The number of thioether (sulfide) groups is 1. The van der Waals surface area contributed by atoms with Crippen molar-refractivity contribution in [3.63, 3.8) is 0 Å². The lowest BCUT2D eigenvalue weighted by Gasteiger charge is -2.23. The van der Waals surface area contributed by atoms with Gasteiger partial charge in [-0.15, -0.1) is 10.2 Å². The number of carbonyl (C=O) groups excluding carboxylic acids is 1. The van der Waals surface area contributed by atoms with Crippen LogP contribution in [0.1, 0.15) is 52.3 Å². The largest absolute Gasteiger partial charge is 0.351 e. The Morgan fingerprint density at radius 2 is 1.92 bits per heavy atom. The van der Waals surface area contributed by atoms with Crippen molar-refractivity contribution in [1.29, 1.82) is 0 Å². The van der Waals surface area contributed by atoms with Gasteiger partial charge in [0.1, 0.15) is 5.82 Å². The SMILES string of the molecule is C[C@@H](Sc1nnc(C2CC2)n1-c1ccccc1)C(=O)NC(C)(C)C. The Balaban J connectivity index is 1.85. The number of hydrogen-bond donors (Lipinski definition) is 1. The van der Waals surface area contributed by atoms with Crippen LogP contribution in [-0.4, -0.2) is 31.5 Å². The van der Waals surface area contributed by atoms with Crippen LogP contribution in [0.15, 0.2) is 35.5 Å². The summed E-state index contributed by atoms with van der Waals surface area (Å²) in [4.78, 5) is 12.4. The fourth-order valence-electron chi connectivity index (χ4n) is 2.47. The molecule has 1 N–H and O–H groups in total. The molecule has 0 unspecified atom stereocenters. The number of carbonyl (C=O) groups is 1. The second kappa shape index (κ2) is 6.59. The quantitative estimate of drug-likeness (QED) is 0.843. The lowest BCUT2D eigenvalue weighted by Crippen LogP contribution is -2.44. The first-order valence-corrected chi connectivity index (χ1v) is 9.22. The lowest BCUT2D eigenvalue weighted by molar-refractivity contribution is -0.121. The third-order valence-corrected chi connectivity index (χ3v) is 4.81. The molecule has 0 radical (unpaired) electrons. The zero-order valence-electron chi connectivity index (χ0n) is 14.6. The first-order chi connectivity index (χ1) is 11.3. The highest BCUT2D eigenvalue weighted by Crippen LogP contribution is 2.41. The number of rotatable bonds is 5. The van der Waals surface area contributed by atoms with E-state index in [1.807, 2.05) is 45.9 Å². The molecule has 24 heavy (non-hydrogen) atoms. The molecule has 1 aliphatic rings. The second-order valence-corrected chi connectivity index (χ2v) is 8.59. The minimum atomic E-state index is -0.238. The molecule has 1 amide bonds. The van der Waals surface area contributed by atoms with E-state index in [9.17, 15) is 4.79 Å². The van der Waals surface area contributed by atoms with Crippen LogP contribution in [-0.2, 0) is 4.79 Å². The molecule has 0 aliphatic heterocycles. The van der Waals surface area contributed by atoms with E-state index >= 15 is 0 Å². The third-order valence-electron chi connectivity index (χ3n) is 3.76. The Labute approximate surface area is 147 Å². The standard InChI is InChI=1S/C18H24N4OS/c1-12(16(23)19-18(2,3)4)24-17-21-20-15(13-10-11-13)22(17)14-8-6-5-7-9-14/h5-9,12-13H,10-11H2,1-4H3,(H,19,23)/t12-/m1/s1. The van der Waals surface area contributed by atoms with Crippen LogP contribution in [0, 0.1) is 0 Å². The highest BCUT2D eigenvalue weighted by Gasteiger charge is 2.32. The molecule has 1 saturated carbocycles. The van der Waals surface area contributed by atoms with Crippen molar-refractivity contribution in [2.24, 2.45) is 0 Å². The van der Waals surface area contributed by atoms with Crippen molar-refractivity contribution < 1.29 is 4.79 Å². The van der Waals surface area contributed by atoms with E-state index in [0.717, 1.165) is 29.5 Å². The average molecular weight is 344 g/mol. The maximum atomic E-state index is 12.4. The summed E-state index contributed by atoms with van der Waals surface area (Å²) < 4.78 is 2.10. The van der Waals surface area contributed by atoms with Gasteiger partial charge in [-0.05, 0) is 52.7 Å². The van der Waals surface area contributed by atoms with Crippen molar-refractivity contribution in [2.75, 3.05) is 0 Å². The summed E-state index contributed by atoms with van der Waals surface area (Å²) in [6.07, 6.45) is 2.32. The average Bonchev–Trinajstić information content (AvgIpc) is 3.27. The number of nitrogens with zero attached hydrogens (tertiary/aromatic N) is 3. The van der Waals surface area contributed by atoms with Crippen molar-refractivity contribution in [3.05, 3.63) is 36.2 Å². The van der Waals surface area contributed by atoms with Crippen LogP contribution in [0.2, 0.25) is 0 Å². The molecule has 6 heteroatoms. The smallest absolute Gasteiger partial charge is 0.233 e. The highest BCUT2D eigenvalue weighted by atomic mass is 32.2. The second-order valence-electron chi connectivity index (χ2n) is 7.29. The summed E-state index contributed by atoms with van der Waals surface area (Å²) in [6, 6.07) is 10.1. The first kappa shape index (κ1) is 17.0. The maximum Gasteiger partial charge on any atom is 0.233 e. The van der Waals surface area contributed by atoms with Crippen LogP contribution in [0.5, 0.6) is 0 Å². The van der Waals surface area contributed by atoms with Gasteiger partial charge in [0.2, 0.25) is 5.91 Å².